The minimum atomic E-state index is -0.380. The van der Waals surface area contributed by atoms with Crippen molar-refractivity contribution in [3.8, 4) is 0 Å². The number of aliphatic hydroxyl groups is 2. The molecule has 0 atom stereocenters. The van der Waals surface area contributed by atoms with E-state index in [-0.39, 0.29) is 23.5 Å². The molecular weight excluding hydrogens is 416 g/mol. The maximum atomic E-state index is 11.8. The van der Waals surface area contributed by atoms with Crippen molar-refractivity contribution < 1.29 is 29.3 Å². The zero-order valence-electron chi connectivity index (χ0n) is 18.7. The van der Waals surface area contributed by atoms with Gasteiger partial charge in [0.2, 0.25) is 0 Å². The molecule has 2 aromatic carbocycles. The van der Waals surface area contributed by atoms with Crippen molar-refractivity contribution in [1.29, 1.82) is 0 Å². The summed E-state index contributed by atoms with van der Waals surface area (Å²) in [6.07, 6.45) is 0. The minimum Gasteiger partial charge on any atom is -0.505 e. The van der Waals surface area contributed by atoms with E-state index in [1.54, 1.807) is 11.8 Å². The van der Waals surface area contributed by atoms with E-state index in [1.165, 1.54) is 14.2 Å². The van der Waals surface area contributed by atoms with Crippen molar-refractivity contribution in [2.75, 3.05) is 14.2 Å². The Labute approximate surface area is 187 Å². The van der Waals surface area contributed by atoms with Crippen molar-refractivity contribution in [2.24, 2.45) is 0 Å². The lowest BCUT2D eigenvalue weighted by atomic mass is 10.1. The number of aryl methyl sites for hydroxylation is 4. The lowest BCUT2D eigenvalue weighted by Gasteiger charge is -2.15. The third kappa shape index (κ3) is 6.93. The Kier molecular flexibility index (Phi) is 9.40. The van der Waals surface area contributed by atoms with Gasteiger partial charge in [0.1, 0.15) is 11.5 Å². The highest BCUT2D eigenvalue weighted by Gasteiger charge is 2.16. The van der Waals surface area contributed by atoms with Gasteiger partial charge in [-0.1, -0.05) is 24.9 Å². The van der Waals surface area contributed by atoms with Crippen LogP contribution in [0.15, 0.2) is 58.7 Å². The molecule has 2 aromatic rings. The van der Waals surface area contributed by atoms with Gasteiger partial charge in [-0.2, -0.15) is 0 Å². The maximum absolute atomic E-state index is 11.8. The van der Waals surface area contributed by atoms with Crippen LogP contribution in [0.5, 0.6) is 0 Å². The first kappa shape index (κ1) is 25.8. The van der Waals surface area contributed by atoms with E-state index in [0.29, 0.717) is 11.1 Å². The van der Waals surface area contributed by atoms with Crippen LogP contribution >= 0.6 is 11.8 Å². The second kappa shape index (κ2) is 11.3. The van der Waals surface area contributed by atoms with Gasteiger partial charge in [0, 0.05) is 9.79 Å². The number of rotatable bonds is 5. The number of carbonyl (C=O) groups excluding carboxylic acids is 2. The first-order valence-corrected chi connectivity index (χ1v) is 10.1. The van der Waals surface area contributed by atoms with Crippen LogP contribution in [-0.4, -0.2) is 36.4 Å². The van der Waals surface area contributed by atoms with Crippen molar-refractivity contribution in [3.05, 3.63) is 82.3 Å². The molecule has 0 spiro atoms. The third-order valence-electron chi connectivity index (χ3n) is 4.30. The van der Waals surface area contributed by atoms with Crippen LogP contribution in [0.25, 0.3) is 0 Å². The smallest absolute Gasteiger partial charge is 0.337 e. The summed E-state index contributed by atoms with van der Waals surface area (Å²) in [5.74, 6) is -1.43. The van der Waals surface area contributed by atoms with Gasteiger partial charge < -0.3 is 19.7 Å². The SMILES string of the molecule is C=C(O)C(=C)O.COC(=O)c1cc(C)c(Sc2c(C)cc(C(=O)OC)cc2C)c(C)c1. The molecule has 0 aliphatic rings. The van der Waals surface area contributed by atoms with Gasteiger partial charge in [-0.05, 0) is 74.2 Å². The highest BCUT2D eigenvalue weighted by Crippen LogP contribution is 2.38. The number of aliphatic hydroxyl groups excluding tert-OH is 2. The third-order valence-corrected chi connectivity index (χ3v) is 6.00. The molecule has 0 bridgehead atoms. The number of esters is 2. The van der Waals surface area contributed by atoms with E-state index in [0.717, 1.165) is 32.0 Å². The topological polar surface area (TPSA) is 93.1 Å². The summed E-state index contributed by atoms with van der Waals surface area (Å²) >= 11 is 1.65. The molecule has 0 amide bonds. The second-order valence-electron chi connectivity index (χ2n) is 6.86. The molecule has 166 valence electrons. The molecule has 0 saturated heterocycles. The van der Waals surface area contributed by atoms with Crippen LogP contribution in [-0.2, 0) is 9.47 Å². The predicted molar refractivity (Wildman–Crippen MR) is 122 cm³/mol. The number of hydrogen-bond donors (Lipinski definition) is 2. The standard InChI is InChI=1S/C20H22O4S.C4H6O2/c1-11-7-15(19(21)23-5)8-12(2)17(11)25-18-13(3)9-16(10-14(18)4)20(22)24-6;1-3(5)4(2)6/h7-10H,1-6H3;5-6H,1-2H2. The zero-order valence-corrected chi connectivity index (χ0v) is 19.5. The number of ether oxygens (including phenoxy) is 2. The molecular formula is C24H28O6S. The van der Waals surface area contributed by atoms with Crippen LogP contribution in [0.3, 0.4) is 0 Å². The fourth-order valence-electron chi connectivity index (χ4n) is 2.80. The molecule has 2 N–H and O–H groups in total. The number of hydrogen-bond acceptors (Lipinski definition) is 7. The molecule has 0 aliphatic heterocycles. The van der Waals surface area contributed by atoms with Crippen LogP contribution in [0, 0.1) is 27.7 Å². The Balaban J connectivity index is 0.000000703. The Morgan fingerprint density at radius 3 is 1.16 bits per heavy atom. The van der Waals surface area contributed by atoms with Crippen molar-refractivity contribution in [3.63, 3.8) is 0 Å². The molecule has 31 heavy (non-hydrogen) atoms. The second-order valence-corrected chi connectivity index (χ2v) is 7.88. The molecule has 6 nitrogen and oxygen atoms in total. The predicted octanol–water partition coefficient (Wildman–Crippen LogP) is 5.77. The molecule has 0 radical (unpaired) electrons. The van der Waals surface area contributed by atoms with Crippen LogP contribution in [0.1, 0.15) is 43.0 Å². The van der Waals surface area contributed by atoms with Crippen LogP contribution in [0.2, 0.25) is 0 Å². The van der Waals surface area contributed by atoms with Gasteiger partial charge in [0.25, 0.3) is 0 Å². The van der Waals surface area contributed by atoms with Crippen molar-refractivity contribution in [1.82, 2.24) is 0 Å². The normalized spacial score (nSPS) is 9.87. The Bertz CT molecular complexity index is 895. The summed E-state index contributed by atoms with van der Waals surface area (Å²) in [5.41, 5.74) is 5.16. The van der Waals surface area contributed by atoms with Gasteiger partial charge in [0.05, 0.1) is 25.3 Å². The number of methoxy groups -OCH3 is 2. The summed E-state index contributed by atoms with van der Waals surface area (Å²) in [6, 6.07) is 7.37. The summed E-state index contributed by atoms with van der Waals surface area (Å²) in [4.78, 5) is 25.7. The zero-order chi connectivity index (χ0) is 23.9. The number of carbonyl (C=O) groups is 2. The Morgan fingerprint density at radius 1 is 0.710 bits per heavy atom. The van der Waals surface area contributed by atoms with Gasteiger partial charge in [0.15, 0.2) is 0 Å². The molecule has 7 heteroatoms. The molecule has 2 rings (SSSR count). The largest absolute Gasteiger partial charge is 0.505 e. The lowest BCUT2D eigenvalue weighted by molar-refractivity contribution is 0.0591. The Hall–Kier alpha value is -3.19. The van der Waals surface area contributed by atoms with Gasteiger partial charge in [-0.25, -0.2) is 9.59 Å². The molecule has 0 unspecified atom stereocenters. The number of benzene rings is 2. The highest BCUT2D eigenvalue weighted by atomic mass is 32.2. The quantitative estimate of drug-likeness (QED) is 0.343. The Morgan fingerprint density at radius 2 is 0.968 bits per heavy atom. The molecule has 0 aromatic heterocycles. The van der Waals surface area contributed by atoms with E-state index in [4.69, 9.17) is 19.7 Å². The van der Waals surface area contributed by atoms with Crippen molar-refractivity contribution >= 4 is 23.7 Å². The minimum absolute atomic E-state index is 0.336. The van der Waals surface area contributed by atoms with Gasteiger partial charge in [-0.3, -0.25) is 0 Å². The van der Waals surface area contributed by atoms with Gasteiger partial charge in [-0.15, -0.1) is 0 Å². The van der Waals surface area contributed by atoms with Crippen LogP contribution in [0.4, 0.5) is 0 Å². The van der Waals surface area contributed by atoms with Crippen molar-refractivity contribution in [2.45, 2.75) is 37.5 Å². The first-order valence-electron chi connectivity index (χ1n) is 9.25. The van der Waals surface area contributed by atoms with E-state index >= 15 is 0 Å². The average Bonchev–Trinajstić information content (AvgIpc) is 2.70. The average molecular weight is 445 g/mol. The van der Waals surface area contributed by atoms with E-state index < -0.39 is 0 Å². The van der Waals surface area contributed by atoms with E-state index in [1.807, 2.05) is 52.0 Å². The summed E-state index contributed by atoms with van der Waals surface area (Å²) in [7, 11) is 2.76. The molecule has 0 saturated carbocycles. The van der Waals surface area contributed by atoms with Crippen LogP contribution < -0.4 is 0 Å². The fraction of sp³-hybridized carbons (Fsp3) is 0.250. The molecule has 0 fully saturated rings. The van der Waals surface area contributed by atoms with Gasteiger partial charge >= 0.3 is 11.9 Å². The highest BCUT2D eigenvalue weighted by molar-refractivity contribution is 7.99. The summed E-state index contributed by atoms with van der Waals surface area (Å²) < 4.78 is 9.60. The van der Waals surface area contributed by atoms with E-state index in [9.17, 15) is 9.59 Å². The lowest BCUT2D eigenvalue weighted by Crippen LogP contribution is -2.04. The summed E-state index contributed by atoms with van der Waals surface area (Å²) in [5, 5.41) is 16.2. The molecule has 0 heterocycles. The van der Waals surface area contributed by atoms with E-state index in [2.05, 4.69) is 13.2 Å². The molecule has 0 aliphatic carbocycles. The monoisotopic (exact) mass is 444 g/mol. The maximum Gasteiger partial charge on any atom is 0.337 e. The first-order chi connectivity index (χ1) is 14.4. The fourth-order valence-corrected chi connectivity index (χ4v) is 3.88. The summed E-state index contributed by atoms with van der Waals surface area (Å²) in [6.45, 7) is 13.8.